The molecule has 1 saturated heterocycles. The van der Waals surface area contributed by atoms with Crippen LogP contribution in [0.25, 0.3) is 0 Å². The molecule has 1 rings (SSSR count). The Morgan fingerprint density at radius 1 is 0.476 bits per heavy atom. The maximum absolute atomic E-state index is 7.57. The van der Waals surface area contributed by atoms with Gasteiger partial charge in [-0.05, 0) is 6.92 Å². The van der Waals surface area contributed by atoms with Crippen LogP contribution < -0.4 is 0 Å². The average Bonchev–Trinajstić information content (AvgIpc) is 2.48. The van der Waals surface area contributed by atoms with Crippen molar-refractivity contribution in [1.29, 1.82) is 0 Å². The largest absolute Gasteiger partial charge is 0.397 e. The third-order valence-corrected chi connectivity index (χ3v) is 2.23. The quantitative estimate of drug-likeness (QED) is 0.680. The molecular formula is C14H30O7. The van der Waals surface area contributed by atoms with Crippen molar-refractivity contribution >= 4 is 0 Å². The molecule has 0 bridgehead atoms. The van der Waals surface area contributed by atoms with Crippen molar-refractivity contribution in [2.24, 2.45) is 0 Å². The molecule has 0 aromatic rings. The number of hydrogen-bond acceptors (Lipinski definition) is 7. The van der Waals surface area contributed by atoms with Crippen LogP contribution in [0.15, 0.2) is 0 Å². The van der Waals surface area contributed by atoms with Crippen molar-refractivity contribution in [3.63, 3.8) is 0 Å². The molecule has 0 aromatic heterocycles. The molecule has 0 unspecified atom stereocenters. The van der Waals surface area contributed by atoms with Crippen molar-refractivity contribution in [3.8, 4) is 0 Å². The molecule has 21 heavy (non-hydrogen) atoms. The number of hydrogen-bond donors (Lipinski definition) is 1. The first-order valence-corrected chi connectivity index (χ1v) is 7.49. The maximum Gasteiger partial charge on any atom is 0.0701 e. The van der Waals surface area contributed by atoms with Gasteiger partial charge in [-0.25, -0.2) is 0 Å². The third kappa shape index (κ3) is 19.7. The molecule has 128 valence electrons. The SMILES string of the molecule is C1COCCOCCOCCOCCOCCO1.CCO. The molecule has 1 N–H and O–H groups in total. The Morgan fingerprint density at radius 2 is 0.571 bits per heavy atom. The highest BCUT2D eigenvalue weighted by atomic mass is 16.6. The smallest absolute Gasteiger partial charge is 0.0701 e. The highest BCUT2D eigenvalue weighted by Gasteiger charge is 1.95. The minimum atomic E-state index is 0.250. The average molecular weight is 310 g/mol. The maximum atomic E-state index is 7.57. The summed E-state index contributed by atoms with van der Waals surface area (Å²) >= 11 is 0. The molecule has 1 heterocycles. The fourth-order valence-electron chi connectivity index (χ4n) is 1.32. The zero-order chi connectivity index (χ0) is 15.4. The molecule has 0 aromatic carbocycles. The van der Waals surface area contributed by atoms with E-state index in [1.807, 2.05) is 0 Å². The molecule has 1 fully saturated rings. The van der Waals surface area contributed by atoms with E-state index in [2.05, 4.69) is 0 Å². The van der Waals surface area contributed by atoms with Crippen LogP contribution in [0, 0.1) is 0 Å². The first kappa shape index (κ1) is 20.7. The zero-order valence-electron chi connectivity index (χ0n) is 13.1. The predicted molar refractivity (Wildman–Crippen MR) is 77.7 cm³/mol. The molecule has 7 heteroatoms. The molecule has 0 amide bonds. The van der Waals surface area contributed by atoms with Gasteiger partial charge in [-0.1, -0.05) is 0 Å². The molecule has 0 atom stereocenters. The fraction of sp³-hybridized carbons (Fsp3) is 1.00. The van der Waals surface area contributed by atoms with E-state index in [9.17, 15) is 0 Å². The number of aliphatic hydroxyl groups is 1. The van der Waals surface area contributed by atoms with Crippen molar-refractivity contribution in [3.05, 3.63) is 0 Å². The van der Waals surface area contributed by atoms with Gasteiger partial charge in [0.05, 0.1) is 79.3 Å². The monoisotopic (exact) mass is 310 g/mol. The second kappa shape index (κ2) is 19.7. The lowest BCUT2D eigenvalue weighted by Crippen LogP contribution is -2.16. The highest BCUT2D eigenvalue weighted by Crippen LogP contribution is 1.86. The summed E-state index contributed by atoms with van der Waals surface area (Å²) in [7, 11) is 0. The van der Waals surface area contributed by atoms with Crippen LogP contribution in [0.4, 0.5) is 0 Å². The van der Waals surface area contributed by atoms with E-state index in [4.69, 9.17) is 33.5 Å². The molecule has 0 spiro atoms. The molecule has 0 aliphatic carbocycles. The van der Waals surface area contributed by atoms with Crippen molar-refractivity contribution in [2.45, 2.75) is 6.92 Å². The van der Waals surface area contributed by atoms with Gasteiger partial charge < -0.3 is 33.5 Å². The Hall–Kier alpha value is -0.280. The van der Waals surface area contributed by atoms with Crippen LogP contribution in [0.5, 0.6) is 0 Å². The van der Waals surface area contributed by atoms with Gasteiger partial charge in [0, 0.05) is 6.61 Å². The Kier molecular flexibility index (Phi) is 19.5. The van der Waals surface area contributed by atoms with Gasteiger partial charge in [0.15, 0.2) is 0 Å². The summed E-state index contributed by atoms with van der Waals surface area (Å²) in [5.74, 6) is 0. The zero-order valence-corrected chi connectivity index (χ0v) is 13.1. The summed E-state index contributed by atoms with van der Waals surface area (Å²) in [5, 5.41) is 7.57. The van der Waals surface area contributed by atoms with Gasteiger partial charge in [0.1, 0.15) is 0 Å². The van der Waals surface area contributed by atoms with Crippen LogP contribution in [-0.4, -0.2) is 91.0 Å². The van der Waals surface area contributed by atoms with Crippen LogP contribution in [0.1, 0.15) is 6.92 Å². The summed E-state index contributed by atoms with van der Waals surface area (Å²) in [5.41, 5.74) is 0. The summed E-state index contributed by atoms with van der Waals surface area (Å²) < 4.78 is 32.0. The van der Waals surface area contributed by atoms with Gasteiger partial charge in [-0.3, -0.25) is 0 Å². The summed E-state index contributed by atoms with van der Waals surface area (Å²) in [6.45, 7) is 8.97. The van der Waals surface area contributed by atoms with Gasteiger partial charge in [-0.2, -0.15) is 0 Å². The number of ether oxygens (including phenoxy) is 6. The van der Waals surface area contributed by atoms with E-state index in [1.165, 1.54) is 0 Å². The van der Waals surface area contributed by atoms with Crippen LogP contribution in [0.2, 0.25) is 0 Å². The minimum absolute atomic E-state index is 0.250. The Labute approximate surface area is 127 Å². The van der Waals surface area contributed by atoms with Crippen LogP contribution in [-0.2, 0) is 28.4 Å². The van der Waals surface area contributed by atoms with E-state index in [0.717, 1.165) is 0 Å². The van der Waals surface area contributed by atoms with E-state index in [-0.39, 0.29) is 6.61 Å². The summed E-state index contributed by atoms with van der Waals surface area (Å²) in [4.78, 5) is 0. The van der Waals surface area contributed by atoms with Gasteiger partial charge in [0.2, 0.25) is 0 Å². The van der Waals surface area contributed by atoms with E-state index in [0.29, 0.717) is 79.3 Å². The van der Waals surface area contributed by atoms with E-state index in [1.54, 1.807) is 6.92 Å². The molecule has 0 saturated carbocycles. The Balaban J connectivity index is 0.00000122. The topological polar surface area (TPSA) is 75.6 Å². The third-order valence-electron chi connectivity index (χ3n) is 2.23. The Bertz CT molecular complexity index is 106. The van der Waals surface area contributed by atoms with Gasteiger partial charge in [-0.15, -0.1) is 0 Å². The van der Waals surface area contributed by atoms with E-state index < -0.39 is 0 Å². The van der Waals surface area contributed by atoms with Crippen molar-refractivity contribution < 1.29 is 33.5 Å². The lowest BCUT2D eigenvalue weighted by molar-refractivity contribution is -0.0334. The lowest BCUT2D eigenvalue weighted by Gasteiger charge is -2.09. The van der Waals surface area contributed by atoms with Crippen molar-refractivity contribution in [1.82, 2.24) is 0 Å². The standard InChI is InChI=1S/C12H24O6.C2H6O/c1-2-14-5-6-16-9-10-18-12-11-17-8-7-15-4-3-13-1;1-2-3/h1-12H2;3H,2H2,1H3. The summed E-state index contributed by atoms with van der Waals surface area (Å²) in [6.07, 6.45) is 0. The predicted octanol–water partition coefficient (Wildman–Crippen LogP) is 0.0982. The van der Waals surface area contributed by atoms with Crippen LogP contribution >= 0.6 is 0 Å². The number of rotatable bonds is 0. The second-order valence-corrected chi connectivity index (χ2v) is 3.99. The second-order valence-electron chi connectivity index (χ2n) is 3.99. The molecule has 7 nitrogen and oxygen atoms in total. The molecule has 1 aliphatic rings. The Morgan fingerprint density at radius 3 is 0.667 bits per heavy atom. The first-order chi connectivity index (χ1) is 10.4. The summed E-state index contributed by atoms with van der Waals surface area (Å²) in [6, 6.07) is 0. The van der Waals surface area contributed by atoms with Crippen LogP contribution in [0.3, 0.4) is 0 Å². The molecule has 1 aliphatic heterocycles. The minimum Gasteiger partial charge on any atom is -0.397 e. The molecule has 0 radical (unpaired) electrons. The normalized spacial score (nSPS) is 21.4. The molecular weight excluding hydrogens is 280 g/mol. The highest BCUT2D eigenvalue weighted by molar-refractivity contribution is 4.38. The van der Waals surface area contributed by atoms with E-state index >= 15 is 0 Å². The van der Waals surface area contributed by atoms with Gasteiger partial charge in [0.25, 0.3) is 0 Å². The fourth-order valence-corrected chi connectivity index (χ4v) is 1.32. The number of aliphatic hydroxyl groups excluding tert-OH is 1. The van der Waals surface area contributed by atoms with Crippen molar-refractivity contribution in [2.75, 3.05) is 85.9 Å². The first-order valence-electron chi connectivity index (χ1n) is 7.49. The lowest BCUT2D eigenvalue weighted by atomic mass is 10.6. The van der Waals surface area contributed by atoms with Gasteiger partial charge >= 0.3 is 0 Å².